The molecule has 4 aromatic rings. The number of aromatic nitrogens is 2. The van der Waals surface area contributed by atoms with Crippen LogP contribution in [0, 0.1) is 12.7 Å². The summed E-state index contributed by atoms with van der Waals surface area (Å²) in [5.41, 5.74) is 5.88. The quantitative estimate of drug-likeness (QED) is 0.383. The summed E-state index contributed by atoms with van der Waals surface area (Å²) >= 11 is 3.31. The maximum atomic E-state index is 13.8. The number of hydrogen-bond acceptors (Lipinski definition) is 1. The smallest absolute Gasteiger partial charge is 0.137 e. The fraction of sp³-hybridized carbons (Fsp3) is 0.0455. The molecule has 0 aliphatic carbocycles. The lowest BCUT2D eigenvalue weighted by Gasteiger charge is -2.11. The summed E-state index contributed by atoms with van der Waals surface area (Å²) in [5.74, 6) is -0.280. The predicted molar refractivity (Wildman–Crippen MR) is 107 cm³/mol. The summed E-state index contributed by atoms with van der Waals surface area (Å²) in [6.45, 7) is 2.00. The summed E-state index contributed by atoms with van der Waals surface area (Å²) < 4.78 is 16.2. The molecule has 0 amide bonds. The minimum Gasteiger partial charge on any atom is -0.232 e. The van der Waals surface area contributed by atoms with Crippen molar-refractivity contribution in [3.8, 4) is 28.1 Å². The van der Waals surface area contributed by atoms with E-state index >= 15 is 0 Å². The van der Waals surface area contributed by atoms with Crippen molar-refractivity contribution in [1.29, 1.82) is 0 Å². The van der Waals surface area contributed by atoms with Crippen LogP contribution in [0.2, 0.25) is 0 Å². The fourth-order valence-electron chi connectivity index (χ4n) is 3.14. The molecular weight excluding hydrogens is 391 g/mol. The average molecular weight is 407 g/mol. The Labute approximate surface area is 160 Å². The highest BCUT2D eigenvalue weighted by molar-refractivity contribution is 9.10. The van der Waals surface area contributed by atoms with Gasteiger partial charge in [-0.05, 0) is 58.7 Å². The monoisotopic (exact) mass is 406 g/mol. The van der Waals surface area contributed by atoms with Crippen LogP contribution in [-0.4, -0.2) is 9.78 Å². The summed E-state index contributed by atoms with van der Waals surface area (Å²) in [4.78, 5) is 0. The first-order chi connectivity index (χ1) is 12.6. The van der Waals surface area contributed by atoms with Crippen LogP contribution in [0.3, 0.4) is 0 Å². The second-order valence-electron chi connectivity index (χ2n) is 6.05. The summed E-state index contributed by atoms with van der Waals surface area (Å²) in [5, 5.41) is 4.79. The number of benzene rings is 3. The lowest BCUT2D eigenvalue weighted by atomic mass is 9.99. The molecule has 0 N–H and O–H groups in total. The molecule has 4 rings (SSSR count). The molecule has 0 saturated heterocycles. The Hall–Kier alpha value is -2.72. The molecule has 3 aromatic carbocycles. The molecule has 4 heteroatoms. The number of aryl methyl sites for hydroxylation is 1. The fourth-order valence-corrected chi connectivity index (χ4v) is 3.52. The van der Waals surface area contributed by atoms with Gasteiger partial charge in [0.05, 0.1) is 21.5 Å². The van der Waals surface area contributed by atoms with Crippen molar-refractivity contribution in [1.82, 2.24) is 9.78 Å². The number of hydrogen-bond donors (Lipinski definition) is 0. The standard InChI is InChI=1S/C22H16BrFN2/c1-15-21(16-8-4-2-5-9-16)22(17-12-13-20(24)19(23)14-17)26(25-15)18-10-6-3-7-11-18/h2-14H,1H3. The minimum absolute atomic E-state index is 0.280. The topological polar surface area (TPSA) is 17.8 Å². The van der Waals surface area contributed by atoms with E-state index in [-0.39, 0.29) is 5.82 Å². The highest BCUT2D eigenvalue weighted by atomic mass is 79.9. The van der Waals surface area contributed by atoms with Crippen LogP contribution < -0.4 is 0 Å². The van der Waals surface area contributed by atoms with Crippen molar-refractivity contribution >= 4 is 15.9 Å². The van der Waals surface area contributed by atoms with Crippen LogP contribution in [-0.2, 0) is 0 Å². The molecule has 0 unspecified atom stereocenters. The first-order valence-electron chi connectivity index (χ1n) is 8.31. The van der Waals surface area contributed by atoms with Gasteiger partial charge in [0.25, 0.3) is 0 Å². The van der Waals surface area contributed by atoms with Crippen LogP contribution in [0.25, 0.3) is 28.1 Å². The van der Waals surface area contributed by atoms with Gasteiger partial charge in [0.1, 0.15) is 5.82 Å². The van der Waals surface area contributed by atoms with E-state index in [1.165, 1.54) is 6.07 Å². The Morgan fingerprint density at radius 3 is 2.15 bits per heavy atom. The molecule has 2 nitrogen and oxygen atoms in total. The second kappa shape index (κ2) is 6.89. The van der Waals surface area contributed by atoms with Crippen LogP contribution in [0.5, 0.6) is 0 Å². The Balaban J connectivity index is 2.04. The van der Waals surface area contributed by atoms with Gasteiger partial charge < -0.3 is 0 Å². The molecule has 1 aromatic heterocycles. The van der Waals surface area contributed by atoms with E-state index in [1.807, 2.05) is 60.1 Å². The molecular formula is C22H16BrFN2. The van der Waals surface area contributed by atoms with E-state index in [0.717, 1.165) is 33.8 Å². The van der Waals surface area contributed by atoms with Gasteiger partial charge in [-0.25, -0.2) is 9.07 Å². The van der Waals surface area contributed by atoms with Gasteiger partial charge in [-0.15, -0.1) is 0 Å². The minimum atomic E-state index is -0.280. The van der Waals surface area contributed by atoms with Crippen LogP contribution in [0.4, 0.5) is 4.39 Å². The first-order valence-corrected chi connectivity index (χ1v) is 9.10. The Morgan fingerprint density at radius 2 is 1.50 bits per heavy atom. The van der Waals surface area contributed by atoms with E-state index in [1.54, 1.807) is 12.1 Å². The maximum Gasteiger partial charge on any atom is 0.137 e. The molecule has 0 radical (unpaired) electrons. The van der Waals surface area contributed by atoms with Crippen LogP contribution in [0.1, 0.15) is 5.69 Å². The number of nitrogens with zero attached hydrogens (tertiary/aromatic N) is 2. The highest BCUT2D eigenvalue weighted by Crippen LogP contribution is 2.37. The molecule has 0 bridgehead atoms. The van der Waals surface area contributed by atoms with Crippen molar-refractivity contribution in [3.63, 3.8) is 0 Å². The Morgan fingerprint density at radius 1 is 0.846 bits per heavy atom. The van der Waals surface area contributed by atoms with Gasteiger partial charge in [0.15, 0.2) is 0 Å². The summed E-state index contributed by atoms with van der Waals surface area (Å²) in [6.07, 6.45) is 0. The highest BCUT2D eigenvalue weighted by Gasteiger charge is 2.20. The van der Waals surface area contributed by atoms with Crippen molar-refractivity contribution in [2.45, 2.75) is 6.92 Å². The van der Waals surface area contributed by atoms with E-state index < -0.39 is 0 Å². The molecule has 0 aliphatic rings. The number of halogens is 2. The molecule has 0 saturated carbocycles. The van der Waals surface area contributed by atoms with Crippen molar-refractivity contribution in [3.05, 3.63) is 94.8 Å². The third kappa shape index (κ3) is 2.97. The van der Waals surface area contributed by atoms with Gasteiger partial charge in [-0.3, -0.25) is 0 Å². The van der Waals surface area contributed by atoms with Gasteiger partial charge in [0.2, 0.25) is 0 Å². The SMILES string of the molecule is Cc1nn(-c2ccccc2)c(-c2ccc(F)c(Br)c2)c1-c1ccccc1. The average Bonchev–Trinajstić information content (AvgIpc) is 3.02. The van der Waals surface area contributed by atoms with E-state index in [4.69, 9.17) is 5.10 Å². The molecule has 0 fully saturated rings. The lowest BCUT2D eigenvalue weighted by molar-refractivity contribution is 0.621. The number of para-hydroxylation sites is 1. The van der Waals surface area contributed by atoms with Crippen molar-refractivity contribution in [2.75, 3.05) is 0 Å². The lowest BCUT2D eigenvalue weighted by Crippen LogP contribution is -1.99. The maximum absolute atomic E-state index is 13.8. The molecule has 1 heterocycles. The molecule has 0 atom stereocenters. The zero-order valence-corrected chi connectivity index (χ0v) is 15.7. The second-order valence-corrected chi connectivity index (χ2v) is 6.91. The number of rotatable bonds is 3. The largest absolute Gasteiger partial charge is 0.232 e. The van der Waals surface area contributed by atoms with Gasteiger partial charge >= 0.3 is 0 Å². The van der Waals surface area contributed by atoms with Crippen LogP contribution in [0.15, 0.2) is 83.3 Å². The van der Waals surface area contributed by atoms with Crippen LogP contribution >= 0.6 is 15.9 Å². The van der Waals surface area contributed by atoms with Crippen molar-refractivity contribution in [2.24, 2.45) is 0 Å². The van der Waals surface area contributed by atoms with Gasteiger partial charge in [0, 0.05) is 11.1 Å². The van der Waals surface area contributed by atoms with Crippen molar-refractivity contribution < 1.29 is 4.39 Å². The Kier molecular flexibility index (Phi) is 4.43. The predicted octanol–water partition coefficient (Wildman–Crippen LogP) is 6.42. The third-order valence-electron chi connectivity index (χ3n) is 4.32. The third-order valence-corrected chi connectivity index (χ3v) is 4.92. The Bertz CT molecular complexity index is 1060. The molecule has 0 spiro atoms. The van der Waals surface area contributed by atoms with E-state index in [2.05, 4.69) is 28.1 Å². The van der Waals surface area contributed by atoms with E-state index in [0.29, 0.717) is 4.47 Å². The summed E-state index contributed by atoms with van der Waals surface area (Å²) in [7, 11) is 0. The van der Waals surface area contributed by atoms with Gasteiger partial charge in [-0.1, -0.05) is 48.5 Å². The van der Waals surface area contributed by atoms with E-state index in [9.17, 15) is 4.39 Å². The first kappa shape index (κ1) is 16.7. The molecule has 0 aliphatic heterocycles. The van der Waals surface area contributed by atoms with Gasteiger partial charge in [-0.2, -0.15) is 5.10 Å². The molecule has 26 heavy (non-hydrogen) atoms. The zero-order chi connectivity index (χ0) is 18.1. The molecule has 128 valence electrons. The summed E-state index contributed by atoms with van der Waals surface area (Å²) in [6, 6.07) is 25.2. The normalized spacial score (nSPS) is 10.9. The zero-order valence-electron chi connectivity index (χ0n) is 14.2.